The van der Waals surface area contributed by atoms with Gasteiger partial charge in [-0.3, -0.25) is 0 Å². The van der Waals surface area contributed by atoms with E-state index < -0.39 is 0 Å². The first-order valence-corrected chi connectivity index (χ1v) is 5.61. The van der Waals surface area contributed by atoms with Crippen LogP contribution in [-0.2, 0) is 0 Å². The highest BCUT2D eigenvalue weighted by atomic mass is 14.3. The molecule has 0 radical (unpaired) electrons. The Morgan fingerprint density at radius 1 is 1.25 bits per heavy atom. The van der Waals surface area contributed by atoms with E-state index >= 15 is 0 Å². The summed E-state index contributed by atoms with van der Waals surface area (Å²) in [6.45, 7) is 2.35. The van der Waals surface area contributed by atoms with Crippen molar-refractivity contribution in [3.05, 3.63) is 11.6 Å². The summed E-state index contributed by atoms with van der Waals surface area (Å²) in [6, 6.07) is 0. The van der Waals surface area contributed by atoms with Crippen LogP contribution in [0.2, 0.25) is 0 Å². The minimum Gasteiger partial charge on any atom is -0.0848 e. The number of hydrogen-bond donors (Lipinski definition) is 0. The van der Waals surface area contributed by atoms with Crippen LogP contribution in [0, 0.1) is 11.8 Å². The topological polar surface area (TPSA) is 0 Å². The van der Waals surface area contributed by atoms with Gasteiger partial charge in [0, 0.05) is 0 Å². The lowest BCUT2D eigenvalue weighted by molar-refractivity contribution is 0.327. The van der Waals surface area contributed by atoms with E-state index in [2.05, 4.69) is 13.0 Å². The van der Waals surface area contributed by atoms with Crippen molar-refractivity contribution in [3.63, 3.8) is 0 Å². The van der Waals surface area contributed by atoms with Crippen LogP contribution in [0.25, 0.3) is 0 Å². The maximum absolute atomic E-state index is 2.56. The van der Waals surface area contributed by atoms with E-state index in [1.54, 1.807) is 0 Å². The molecule has 0 N–H and O–H groups in total. The van der Waals surface area contributed by atoms with Gasteiger partial charge in [0.1, 0.15) is 0 Å². The highest BCUT2D eigenvalue weighted by Crippen LogP contribution is 2.41. The van der Waals surface area contributed by atoms with E-state index in [0.29, 0.717) is 0 Å². The van der Waals surface area contributed by atoms with E-state index in [9.17, 15) is 0 Å². The standard InChI is InChI=1S/C12H20/c1-2-10-7-5-8-11-6-3-4-9-12(10)11/h9-11H,2-8H2,1H3. The van der Waals surface area contributed by atoms with Gasteiger partial charge in [0.2, 0.25) is 0 Å². The predicted octanol–water partition coefficient (Wildman–Crippen LogP) is 3.92. The lowest BCUT2D eigenvalue weighted by atomic mass is 9.71. The Labute approximate surface area is 76.1 Å². The first-order chi connectivity index (χ1) is 5.92. The predicted molar refractivity (Wildman–Crippen MR) is 53.1 cm³/mol. The molecule has 0 aliphatic heterocycles. The molecule has 1 fully saturated rings. The van der Waals surface area contributed by atoms with Crippen molar-refractivity contribution < 1.29 is 0 Å². The first-order valence-electron chi connectivity index (χ1n) is 5.61. The number of allylic oxidation sites excluding steroid dienone is 2. The van der Waals surface area contributed by atoms with Crippen molar-refractivity contribution in [2.45, 2.75) is 51.9 Å². The molecule has 0 nitrogen and oxygen atoms in total. The average molecular weight is 164 g/mol. The first kappa shape index (κ1) is 8.34. The summed E-state index contributed by atoms with van der Waals surface area (Å²) < 4.78 is 0. The molecular weight excluding hydrogens is 144 g/mol. The lowest BCUT2D eigenvalue weighted by Crippen LogP contribution is -2.21. The Kier molecular flexibility index (Phi) is 2.53. The number of hydrogen-bond acceptors (Lipinski definition) is 0. The van der Waals surface area contributed by atoms with Crippen LogP contribution in [0.3, 0.4) is 0 Å². The molecule has 1 saturated carbocycles. The smallest absolute Gasteiger partial charge is 0.0200 e. The Hall–Kier alpha value is -0.260. The summed E-state index contributed by atoms with van der Waals surface area (Å²) in [7, 11) is 0. The highest BCUT2D eigenvalue weighted by molar-refractivity contribution is 5.15. The van der Waals surface area contributed by atoms with Gasteiger partial charge in [-0.05, 0) is 50.4 Å². The van der Waals surface area contributed by atoms with Gasteiger partial charge in [-0.25, -0.2) is 0 Å². The number of fused-ring (bicyclic) bond motifs is 1. The Bertz CT molecular complexity index is 178. The molecule has 2 atom stereocenters. The van der Waals surface area contributed by atoms with Crippen LogP contribution >= 0.6 is 0 Å². The largest absolute Gasteiger partial charge is 0.0848 e. The third-order valence-corrected chi connectivity index (χ3v) is 3.68. The van der Waals surface area contributed by atoms with Crippen LogP contribution in [-0.4, -0.2) is 0 Å². The van der Waals surface area contributed by atoms with Crippen LogP contribution in [0.5, 0.6) is 0 Å². The minimum absolute atomic E-state index is 0.962. The highest BCUT2D eigenvalue weighted by Gasteiger charge is 2.27. The molecule has 2 unspecified atom stereocenters. The zero-order valence-corrected chi connectivity index (χ0v) is 8.18. The molecule has 68 valence electrons. The molecule has 0 heterocycles. The van der Waals surface area contributed by atoms with Crippen LogP contribution < -0.4 is 0 Å². The molecule has 0 bridgehead atoms. The summed E-state index contributed by atoms with van der Waals surface area (Å²) in [5, 5.41) is 0. The molecule has 0 aromatic rings. The molecule has 0 spiro atoms. The van der Waals surface area contributed by atoms with Crippen LogP contribution in [0.1, 0.15) is 51.9 Å². The van der Waals surface area contributed by atoms with Gasteiger partial charge >= 0.3 is 0 Å². The van der Waals surface area contributed by atoms with E-state index in [-0.39, 0.29) is 0 Å². The van der Waals surface area contributed by atoms with Crippen molar-refractivity contribution in [3.8, 4) is 0 Å². The van der Waals surface area contributed by atoms with E-state index in [4.69, 9.17) is 0 Å². The third-order valence-electron chi connectivity index (χ3n) is 3.68. The Morgan fingerprint density at radius 3 is 2.92 bits per heavy atom. The van der Waals surface area contributed by atoms with Crippen LogP contribution in [0.4, 0.5) is 0 Å². The van der Waals surface area contributed by atoms with Gasteiger partial charge < -0.3 is 0 Å². The quantitative estimate of drug-likeness (QED) is 0.515. The van der Waals surface area contributed by atoms with Gasteiger partial charge in [0.25, 0.3) is 0 Å². The van der Waals surface area contributed by atoms with Crippen molar-refractivity contribution >= 4 is 0 Å². The molecule has 0 heteroatoms. The molecule has 2 aliphatic carbocycles. The minimum atomic E-state index is 0.962. The lowest BCUT2D eigenvalue weighted by Gasteiger charge is -2.34. The van der Waals surface area contributed by atoms with Crippen molar-refractivity contribution in [1.29, 1.82) is 0 Å². The molecule has 0 saturated heterocycles. The molecule has 0 aromatic carbocycles. The van der Waals surface area contributed by atoms with Gasteiger partial charge in [-0.1, -0.05) is 25.0 Å². The second-order valence-electron chi connectivity index (χ2n) is 4.37. The maximum Gasteiger partial charge on any atom is -0.0200 e. The zero-order chi connectivity index (χ0) is 8.39. The molecular formula is C12H20. The van der Waals surface area contributed by atoms with E-state index in [0.717, 1.165) is 11.8 Å². The fourth-order valence-electron chi connectivity index (χ4n) is 2.99. The molecule has 2 aliphatic rings. The Balaban J connectivity index is 2.12. The van der Waals surface area contributed by atoms with Gasteiger partial charge in [0.15, 0.2) is 0 Å². The maximum atomic E-state index is 2.56. The fourth-order valence-corrected chi connectivity index (χ4v) is 2.99. The summed E-state index contributed by atoms with van der Waals surface area (Å²) in [4.78, 5) is 0. The molecule has 12 heavy (non-hydrogen) atoms. The number of rotatable bonds is 1. The summed E-state index contributed by atoms with van der Waals surface area (Å²) in [5.41, 5.74) is 1.84. The second-order valence-corrected chi connectivity index (χ2v) is 4.37. The second kappa shape index (κ2) is 3.64. The van der Waals surface area contributed by atoms with Gasteiger partial charge in [-0.15, -0.1) is 0 Å². The Morgan fingerprint density at radius 2 is 2.08 bits per heavy atom. The van der Waals surface area contributed by atoms with Crippen molar-refractivity contribution in [2.75, 3.05) is 0 Å². The van der Waals surface area contributed by atoms with E-state index in [1.807, 2.05) is 5.57 Å². The summed E-state index contributed by atoms with van der Waals surface area (Å²) in [6.07, 6.45) is 12.7. The zero-order valence-electron chi connectivity index (χ0n) is 8.18. The van der Waals surface area contributed by atoms with Crippen molar-refractivity contribution in [1.82, 2.24) is 0 Å². The molecule has 2 rings (SSSR count). The SMILES string of the molecule is CCC1CCCC2CCCC=C12. The third kappa shape index (κ3) is 1.44. The molecule has 0 amide bonds. The summed E-state index contributed by atoms with van der Waals surface area (Å²) >= 11 is 0. The van der Waals surface area contributed by atoms with E-state index in [1.165, 1.54) is 44.9 Å². The normalized spacial score (nSPS) is 35.6. The van der Waals surface area contributed by atoms with Gasteiger partial charge in [-0.2, -0.15) is 0 Å². The average Bonchev–Trinajstić information content (AvgIpc) is 2.17. The van der Waals surface area contributed by atoms with Crippen molar-refractivity contribution in [2.24, 2.45) is 11.8 Å². The van der Waals surface area contributed by atoms with Gasteiger partial charge in [0.05, 0.1) is 0 Å². The fraction of sp³-hybridized carbons (Fsp3) is 0.833. The van der Waals surface area contributed by atoms with Crippen LogP contribution in [0.15, 0.2) is 11.6 Å². The molecule has 0 aromatic heterocycles. The monoisotopic (exact) mass is 164 g/mol. The summed E-state index contributed by atoms with van der Waals surface area (Å²) in [5.74, 6) is 1.96.